The van der Waals surface area contributed by atoms with Crippen LogP contribution in [0.4, 0.5) is 0 Å². The molecule has 0 aromatic carbocycles. The third-order valence-corrected chi connectivity index (χ3v) is 0.864. The Labute approximate surface area is 87.0 Å². The molecular weight excluding hydrogens is 176 g/mol. The van der Waals surface area contributed by atoms with Crippen molar-refractivity contribution in [1.82, 2.24) is 0 Å². The van der Waals surface area contributed by atoms with Crippen LogP contribution in [0.25, 0.3) is 0 Å². The topological polar surface area (TPSA) is 26.3 Å². The summed E-state index contributed by atoms with van der Waals surface area (Å²) in [5, 5.41) is 0. The molecule has 0 aromatic heterocycles. The molecule has 0 unspecified atom stereocenters. The molecule has 0 fully saturated rings. The predicted octanol–water partition coefficient (Wildman–Crippen LogP) is 2.38. The maximum atomic E-state index is 10.2. The number of hydrogen-bond donors (Lipinski definition) is 0. The molecular formula is C12H18O2. The molecule has 0 bridgehead atoms. The number of terminal acetylenes is 2. The summed E-state index contributed by atoms with van der Waals surface area (Å²) < 4.78 is 4.80. The smallest absolute Gasteiger partial charge is 0.303 e. The van der Waals surface area contributed by atoms with Crippen LogP contribution in [-0.4, -0.2) is 11.6 Å². The molecule has 2 heteroatoms. The molecule has 0 atom stereocenters. The highest BCUT2D eigenvalue weighted by Gasteiger charge is 2.11. The monoisotopic (exact) mass is 194 g/mol. The number of carbonyl (C=O) groups excluding carboxylic acids is 1. The van der Waals surface area contributed by atoms with Crippen molar-refractivity contribution in [3.8, 4) is 24.7 Å². The third-order valence-electron chi connectivity index (χ3n) is 0.864. The lowest BCUT2D eigenvalue weighted by molar-refractivity contribution is -0.151. The lowest BCUT2D eigenvalue weighted by Crippen LogP contribution is -2.21. The second-order valence-corrected chi connectivity index (χ2v) is 3.61. The highest BCUT2D eigenvalue weighted by Crippen LogP contribution is 2.05. The van der Waals surface area contributed by atoms with Crippen molar-refractivity contribution in [2.24, 2.45) is 0 Å². The maximum Gasteiger partial charge on any atom is 0.303 e. The Kier molecular flexibility index (Phi) is 8.83. The van der Waals surface area contributed by atoms with Crippen LogP contribution in [0.15, 0.2) is 0 Å². The molecule has 0 rings (SSSR count). The fourth-order valence-corrected chi connectivity index (χ4v) is 0.576. The van der Waals surface area contributed by atoms with Gasteiger partial charge in [-0.05, 0) is 20.8 Å². The first kappa shape index (κ1) is 15.1. The van der Waals surface area contributed by atoms with Gasteiger partial charge in [0.15, 0.2) is 0 Å². The van der Waals surface area contributed by atoms with E-state index in [2.05, 4.69) is 11.8 Å². The predicted molar refractivity (Wildman–Crippen MR) is 58.4 cm³/mol. The second kappa shape index (κ2) is 8.20. The first-order chi connectivity index (χ1) is 6.33. The molecule has 0 spiro atoms. The Hall–Kier alpha value is -1.41. The summed E-state index contributed by atoms with van der Waals surface area (Å²) in [6, 6.07) is 0. The summed E-state index contributed by atoms with van der Waals surface area (Å²) in [5.74, 6) is 4.63. The van der Waals surface area contributed by atoms with E-state index in [9.17, 15) is 4.79 Å². The van der Waals surface area contributed by atoms with Crippen LogP contribution in [0, 0.1) is 24.7 Å². The lowest BCUT2D eigenvalue weighted by atomic mass is 10.2. The van der Waals surface area contributed by atoms with Crippen molar-refractivity contribution in [3.05, 3.63) is 0 Å². The van der Waals surface area contributed by atoms with E-state index in [4.69, 9.17) is 17.6 Å². The van der Waals surface area contributed by atoms with Crippen LogP contribution in [-0.2, 0) is 9.53 Å². The van der Waals surface area contributed by atoms with Crippen molar-refractivity contribution >= 4 is 5.97 Å². The number of unbranched alkanes of at least 4 members (excludes halogenated alkanes) is 1. The SMILES string of the molecule is C#CCCC#C.CC(=O)OC(C)(C)C. The molecule has 2 nitrogen and oxygen atoms in total. The van der Waals surface area contributed by atoms with Crippen molar-refractivity contribution in [1.29, 1.82) is 0 Å². The Bertz CT molecular complexity index is 219. The summed E-state index contributed by atoms with van der Waals surface area (Å²) in [4.78, 5) is 10.2. The van der Waals surface area contributed by atoms with Gasteiger partial charge in [-0.3, -0.25) is 4.79 Å². The first-order valence-electron chi connectivity index (χ1n) is 4.40. The van der Waals surface area contributed by atoms with Crippen molar-refractivity contribution in [2.75, 3.05) is 0 Å². The Morgan fingerprint density at radius 2 is 1.57 bits per heavy atom. The molecule has 0 saturated carbocycles. The van der Waals surface area contributed by atoms with E-state index in [0.717, 1.165) is 0 Å². The quantitative estimate of drug-likeness (QED) is 0.364. The molecule has 0 heterocycles. The Morgan fingerprint density at radius 1 is 1.21 bits per heavy atom. The van der Waals surface area contributed by atoms with Gasteiger partial charge in [-0.2, -0.15) is 0 Å². The summed E-state index contributed by atoms with van der Waals surface area (Å²) in [6.45, 7) is 6.93. The van der Waals surface area contributed by atoms with Gasteiger partial charge in [-0.25, -0.2) is 0 Å². The van der Waals surface area contributed by atoms with Gasteiger partial charge in [0.25, 0.3) is 0 Å². The summed E-state index contributed by atoms with van der Waals surface area (Å²) in [7, 11) is 0. The highest BCUT2D eigenvalue weighted by atomic mass is 16.6. The van der Waals surface area contributed by atoms with Gasteiger partial charge in [0.2, 0.25) is 0 Å². The Morgan fingerprint density at radius 3 is 1.64 bits per heavy atom. The normalized spacial score (nSPS) is 8.71. The van der Waals surface area contributed by atoms with E-state index < -0.39 is 0 Å². The molecule has 0 aromatic rings. The average molecular weight is 194 g/mol. The van der Waals surface area contributed by atoms with Crippen LogP contribution < -0.4 is 0 Å². The van der Waals surface area contributed by atoms with Gasteiger partial charge in [0, 0.05) is 19.8 Å². The zero-order valence-corrected chi connectivity index (χ0v) is 9.39. The van der Waals surface area contributed by atoms with Gasteiger partial charge < -0.3 is 4.74 Å². The van der Waals surface area contributed by atoms with Crippen LogP contribution >= 0.6 is 0 Å². The van der Waals surface area contributed by atoms with E-state index in [1.807, 2.05) is 20.8 Å². The largest absolute Gasteiger partial charge is 0.460 e. The fraction of sp³-hybridized carbons (Fsp3) is 0.583. The number of hydrogen-bond acceptors (Lipinski definition) is 2. The summed E-state index contributed by atoms with van der Waals surface area (Å²) in [6.07, 6.45) is 11.1. The highest BCUT2D eigenvalue weighted by molar-refractivity contribution is 5.66. The molecule has 0 aliphatic rings. The van der Waals surface area contributed by atoms with E-state index in [0.29, 0.717) is 12.8 Å². The standard InChI is InChI=1S/C6H12O2.C6H6/c1-5(7)8-6(2,3)4;1-3-5-6-4-2/h1-4H3;1-2H,5-6H2. The van der Waals surface area contributed by atoms with Crippen LogP contribution in [0.3, 0.4) is 0 Å². The molecule has 0 aliphatic heterocycles. The molecule has 0 radical (unpaired) electrons. The molecule has 78 valence electrons. The molecule has 0 amide bonds. The minimum absolute atomic E-state index is 0.225. The zero-order valence-electron chi connectivity index (χ0n) is 9.39. The van der Waals surface area contributed by atoms with E-state index in [1.165, 1.54) is 6.92 Å². The number of esters is 1. The first-order valence-corrected chi connectivity index (χ1v) is 4.40. The van der Waals surface area contributed by atoms with Gasteiger partial charge in [-0.15, -0.1) is 24.7 Å². The third kappa shape index (κ3) is 22.4. The van der Waals surface area contributed by atoms with Gasteiger partial charge >= 0.3 is 5.97 Å². The van der Waals surface area contributed by atoms with Crippen molar-refractivity contribution in [2.45, 2.75) is 46.1 Å². The maximum absolute atomic E-state index is 10.2. The van der Waals surface area contributed by atoms with Crippen molar-refractivity contribution in [3.63, 3.8) is 0 Å². The number of rotatable bonds is 1. The van der Waals surface area contributed by atoms with Crippen molar-refractivity contribution < 1.29 is 9.53 Å². The lowest BCUT2D eigenvalue weighted by Gasteiger charge is -2.17. The number of carbonyl (C=O) groups is 1. The van der Waals surface area contributed by atoms with Gasteiger partial charge in [0.1, 0.15) is 5.60 Å². The zero-order chi connectivity index (χ0) is 11.6. The van der Waals surface area contributed by atoms with E-state index in [-0.39, 0.29) is 11.6 Å². The number of ether oxygens (including phenoxy) is 1. The minimum atomic E-state index is -0.328. The molecule has 0 aliphatic carbocycles. The average Bonchev–Trinajstić information content (AvgIpc) is 1.97. The molecule has 0 saturated heterocycles. The Balaban J connectivity index is 0. The van der Waals surface area contributed by atoms with Gasteiger partial charge in [0.05, 0.1) is 0 Å². The molecule has 0 N–H and O–H groups in total. The van der Waals surface area contributed by atoms with E-state index >= 15 is 0 Å². The van der Waals surface area contributed by atoms with Crippen LogP contribution in [0.2, 0.25) is 0 Å². The molecule has 14 heavy (non-hydrogen) atoms. The summed E-state index contributed by atoms with van der Waals surface area (Å²) >= 11 is 0. The fourth-order valence-electron chi connectivity index (χ4n) is 0.576. The minimum Gasteiger partial charge on any atom is -0.460 e. The van der Waals surface area contributed by atoms with Crippen LogP contribution in [0.1, 0.15) is 40.5 Å². The summed E-state index contributed by atoms with van der Waals surface area (Å²) in [5.41, 5.74) is -0.328. The van der Waals surface area contributed by atoms with Crippen LogP contribution in [0.5, 0.6) is 0 Å². The van der Waals surface area contributed by atoms with E-state index in [1.54, 1.807) is 0 Å². The second-order valence-electron chi connectivity index (χ2n) is 3.61. The van der Waals surface area contributed by atoms with Gasteiger partial charge in [-0.1, -0.05) is 0 Å².